The van der Waals surface area contributed by atoms with E-state index < -0.39 is 0 Å². The predicted molar refractivity (Wildman–Crippen MR) is 124 cm³/mol. The number of benzene rings is 4. The number of rotatable bonds is 4. The van der Waals surface area contributed by atoms with Crippen molar-refractivity contribution in [1.82, 2.24) is 0 Å². The van der Waals surface area contributed by atoms with E-state index in [2.05, 4.69) is 132 Å². The molecule has 0 aromatic heterocycles. The number of hydrogen-bond acceptors (Lipinski definition) is 1. The quantitative estimate of drug-likeness (QED) is 0.317. The molecule has 0 radical (unpaired) electrons. The minimum absolute atomic E-state index is 1.09. The number of halogens is 1. The summed E-state index contributed by atoms with van der Waals surface area (Å²) in [7, 11) is 0. The Balaban J connectivity index is 1.91. The van der Waals surface area contributed by atoms with Gasteiger partial charge in [-0.25, -0.2) is 0 Å². The first kappa shape index (κ1) is 18.5. The summed E-state index contributed by atoms with van der Waals surface area (Å²) in [6.45, 7) is 4.24. The van der Waals surface area contributed by atoms with Crippen LogP contribution < -0.4 is 4.90 Å². The molecule has 0 saturated carbocycles. The summed E-state index contributed by atoms with van der Waals surface area (Å²) < 4.78 is 1.09. The van der Waals surface area contributed by atoms with Crippen molar-refractivity contribution in [3.63, 3.8) is 0 Å². The topological polar surface area (TPSA) is 3.24 Å². The minimum Gasteiger partial charge on any atom is -0.310 e. The van der Waals surface area contributed by atoms with Gasteiger partial charge in [0.25, 0.3) is 0 Å². The predicted octanol–water partition coefficient (Wildman–Crippen LogP) is 8.20. The zero-order chi connectivity index (χ0) is 19.5. The maximum atomic E-state index is 3.54. The molecule has 138 valence electrons. The van der Waals surface area contributed by atoms with Gasteiger partial charge in [-0.05, 0) is 61.9 Å². The average Bonchev–Trinajstić information content (AvgIpc) is 2.72. The lowest BCUT2D eigenvalue weighted by atomic mass is 10.0. The second-order valence-electron chi connectivity index (χ2n) is 7.03. The van der Waals surface area contributed by atoms with Crippen LogP contribution in [0.2, 0.25) is 0 Å². The molecular formula is C26H22BrN. The van der Waals surface area contributed by atoms with E-state index in [1.807, 2.05) is 0 Å². The monoisotopic (exact) mass is 427 g/mol. The first-order valence-corrected chi connectivity index (χ1v) is 10.2. The molecule has 0 aliphatic carbocycles. The molecule has 0 N–H and O–H groups in total. The molecule has 0 unspecified atom stereocenters. The Hall–Kier alpha value is -2.84. The third-order valence-corrected chi connectivity index (χ3v) is 5.41. The zero-order valence-electron chi connectivity index (χ0n) is 16.1. The van der Waals surface area contributed by atoms with Crippen molar-refractivity contribution in [3.05, 3.63) is 113 Å². The molecule has 0 atom stereocenters. The Kier molecular flexibility index (Phi) is 5.31. The van der Waals surface area contributed by atoms with Gasteiger partial charge in [0.05, 0.1) is 5.69 Å². The molecular weight excluding hydrogens is 406 g/mol. The largest absolute Gasteiger partial charge is 0.310 e. The molecule has 0 saturated heterocycles. The average molecular weight is 428 g/mol. The number of anilines is 3. The van der Waals surface area contributed by atoms with Crippen LogP contribution in [0.4, 0.5) is 17.1 Å². The second-order valence-corrected chi connectivity index (χ2v) is 7.95. The second kappa shape index (κ2) is 8.04. The summed E-state index contributed by atoms with van der Waals surface area (Å²) >= 11 is 3.54. The van der Waals surface area contributed by atoms with Crippen molar-refractivity contribution in [2.24, 2.45) is 0 Å². The van der Waals surface area contributed by atoms with E-state index in [1.54, 1.807) is 0 Å². The fourth-order valence-electron chi connectivity index (χ4n) is 3.36. The first-order valence-electron chi connectivity index (χ1n) is 9.40. The summed E-state index contributed by atoms with van der Waals surface area (Å²) in [4.78, 5) is 2.33. The van der Waals surface area contributed by atoms with Crippen molar-refractivity contribution < 1.29 is 0 Å². The molecule has 0 aliphatic heterocycles. The van der Waals surface area contributed by atoms with Crippen LogP contribution in [-0.2, 0) is 0 Å². The third kappa shape index (κ3) is 3.88. The molecule has 0 amide bonds. The van der Waals surface area contributed by atoms with E-state index in [1.165, 1.54) is 22.3 Å². The van der Waals surface area contributed by atoms with Gasteiger partial charge in [-0.1, -0.05) is 81.7 Å². The van der Waals surface area contributed by atoms with Crippen LogP contribution in [0.3, 0.4) is 0 Å². The van der Waals surface area contributed by atoms with Crippen LogP contribution in [0.1, 0.15) is 11.1 Å². The van der Waals surface area contributed by atoms with Gasteiger partial charge in [-0.3, -0.25) is 0 Å². The summed E-state index contributed by atoms with van der Waals surface area (Å²) in [5.41, 5.74) is 8.39. The maximum Gasteiger partial charge on any atom is 0.0540 e. The minimum atomic E-state index is 1.09. The zero-order valence-corrected chi connectivity index (χ0v) is 17.6. The van der Waals surface area contributed by atoms with Crippen molar-refractivity contribution in [1.29, 1.82) is 0 Å². The number of para-hydroxylation sites is 1. The molecule has 0 aliphatic rings. The lowest BCUT2D eigenvalue weighted by molar-refractivity contribution is 1.27. The van der Waals surface area contributed by atoms with Crippen LogP contribution in [0, 0.1) is 13.8 Å². The smallest absolute Gasteiger partial charge is 0.0540 e. The van der Waals surface area contributed by atoms with Gasteiger partial charge >= 0.3 is 0 Å². The third-order valence-electron chi connectivity index (χ3n) is 4.88. The van der Waals surface area contributed by atoms with E-state index in [9.17, 15) is 0 Å². The summed E-state index contributed by atoms with van der Waals surface area (Å²) in [6.07, 6.45) is 0. The molecule has 28 heavy (non-hydrogen) atoms. The van der Waals surface area contributed by atoms with E-state index in [-0.39, 0.29) is 0 Å². The lowest BCUT2D eigenvalue weighted by Crippen LogP contribution is -2.11. The molecule has 0 spiro atoms. The van der Waals surface area contributed by atoms with Crippen LogP contribution >= 0.6 is 15.9 Å². The highest BCUT2D eigenvalue weighted by atomic mass is 79.9. The molecule has 1 nitrogen and oxygen atoms in total. The highest BCUT2D eigenvalue weighted by Crippen LogP contribution is 2.40. The van der Waals surface area contributed by atoms with Gasteiger partial charge in [-0.2, -0.15) is 0 Å². The molecule has 0 heterocycles. The molecule has 0 fully saturated rings. The lowest BCUT2D eigenvalue weighted by Gasteiger charge is -2.28. The number of aryl methyl sites for hydroxylation is 2. The molecule has 0 bridgehead atoms. The summed E-state index contributed by atoms with van der Waals surface area (Å²) in [6, 6.07) is 34.5. The normalized spacial score (nSPS) is 10.7. The van der Waals surface area contributed by atoms with Gasteiger partial charge in [0.2, 0.25) is 0 Å². The highest BCUT2D eigenvalue weighted by molar-refractivity contribution is 9.10. The Labute approximate surface area is 175 Å². The van der Waals surface area contributed by atoms with E-state index in [0.717, 1.165) is 21.5 Å². The van der Waals surface area contributed by atoms with Crippen molar-refractivity contribution in [2.45, 2.75) is 13.8 Å². The van der Waals surface area contributed by atoms with Gasteiger partial charge in [0.1, 0.15) is 0 Å². The Morgan fingerprint density at radius 2 is 1.07 bits per heavy atom. The Morgan fingerprint density at radius 3 is 1.61 bits per heavy atom. The molecule has 4 aromatic carbocycles. The van der Waals surface area contributed by atoms with Crippen molar-refractivity contribution in [3.8, 4) is 11.1 Å². The summed E-state index contributed by atoms with van der Waals surface area (Å²) in [5.74, 6) is 0. The van der Waals surface area contributed by atoms with Crippen LogP contribution in [0.25, 0.3) is 11.1 Å². The maximum absolute atomic E-state index is 3.54. The van der Waals surface area contributed by atoms with E-state index >= 15 is 0 Å². The van der Waals surface area contributed by atoms with Gasteiger partial charge < -0.3 is 4.90 Å². The fourth-order valence-corrected chi connectivity index (χ4v) is 3.62. The van der Waals surface area contributed by atoms with Crippen LogP contribution in [-0.4, -0.2) is 0 Å². The van der Waals surface area contributed by atoms with Gasteiger partial charge in [-0.15, -0.1) is 0 Å². The van der Waals surface area contributed by atoms with E-state index in [4.69, 9.17) is 0 Å². The highest BCUT2D eigenvalue weighted by Gasteiger charge is 2.16. The van der Waals surface area contributed by atoms with Crippen LogP contribution in [0.5, 0.6) is 0 Å². The van der Waals surface area contributed by atoms with Crippen molar-refractivity contribution >= 4 is 33.0 Å². The number of hydrogen-bond donors (Lipinski definition) is 0. The first-order chi connectivity index (χ1) is 13.6. The van der Waals surface area contributed by atoms with E-state index in [0.29, 0.717) is 0 Å². The Bertz CT molecular complexity index is 1020. The molecule has 4 rings (SSSR count). The standard InChI is InChI=1S/C26H22BrN/c1-19-7-15-23(16-8-19)28(24-17-9-20(2)10-18-24)26-6-4-3-5-25(26)21-11-13-22(27)14-12-21/h3-18H,1-2H3. The Morgan fingerprint density at radius 1 is 0.571 bits per heavy atom. The van der Waals surface area contributed by atoms with Gasteiger partial charge in [0, 0.05) is 21.4 Å². The number of nitrogens with zero attached hydrogens (tertiary/aromatic N) is 1. The van der Waals surface area contributed by atoms with Gasteiger partial charge in [0.15, 0.2) is 0 Å². The SMILES string of the molecule is Cc1ccc(N(c2ccc(C)cc2)c2ccccc2-c2ccc(Br)cc2)cc1. The molecule has 4 aromatic rings. The molecule has 2 heteroatoms. The fraction of sp³-hybridized carbons (Fsp3) is 0.0769. The van der Waals surface area contributed by atoms with Crippen molar-refractivity contribution in [2.75, 3.05) is 4.90 Å². The summed E-state index contributed by atoms with van der Waals surface area (Å²) in [5, 5.41) is 0. The van der Waals surface area contributed by atoms with Crippen LogP contribution in [0.15, 0.2) is 102 Å².